The monoisotopic (exact) mass is 254 g/mol. The third kappa shape index (κ3) is 2.67. The predicted molar refractivity (Wildman–Crippen MR) is 56.3 cm³/mol. The van der Waals surface area contributed by atoms with Gasteiger partial charge in [-0.3, -0.25) is 0 Å². The van der Waals surface area contributed by atoms with Crippen LogP contribution in [0.25, 0.3) is 5.57 Å². The fourth-order valence-corrected chi connectivity index (χ4v) is 1.47. The van der Waals surface area contributed by atoms with Gasteiger partial charge < -0.3 is 0 Å². The van der Waals surface area contributed by atoms with E-state index in [1.807, 2.05) is 0 Å². The topological polar surface area (TPSA) is 0 Å². The highest BCUT2D eigenvalue weighted by molar-refractivity contribution is 6.36. The molecule has 0 spiro atoms. The lowest BCUT2D eigenvalue weighted by Crippen LogP contribution is -2.09. The quantitative estimate of drug-likeness (QED) is 0.671. The van der Waals surface area contributed by atoms with E-state index in [4.69, 9.17) is 23.2 Å². The zero-order valence-electron chi connectivity index (χ0n) is 7.75. The molecule has 82 valence electrons. The molecule has 1 rings (SSSR count). The van der Waals surface area contributed by atoms with Crippen molar-refractivity contribution in [1.82, 2.24) is 0 Å². The van der Waals surface area contributed by atoms with E-state index in [0.29, 0.717) is 5.56 Å². The predicted octanol–water partition coefficient (Wildman–Crippen LogP) is 4.88. The van der Waals surface area contributed by atoms with Gasteiger partial charge in [0.2, 0.25) is 0 Å². The summed E-state index contributed by atoms with van der Waals surface area (Å²) in [4.78, 5) is 0. The number of alkyl halides is 3. The molecule has 0 saturated heterocycles. The number of rotatable bonds is 1. The van der Waals surface area contributed by atoms with Gasteiger partial charge in [0.1, 0.15) is 0 Å². The minimum Gasteiger partial charge on any atom is -0.166 e. The van der Waals surface area contributed by atoms with Crippen LogP contribution in [0.1, 0.15) is 11.1 Å². The summed E-state index contributed by atoms with van der Waals surface area (Å²) in [5.74, 6) is 0. The summed E-state index contributed by atoms with van der Waals surface area (Å²) >= 11 is 11.4. The van der Waals surface area contributed by atoms with Gasteiger partial charge in [-0.2, -0.15) is 13.2 Å². The van der Waals surface area contributed by atoms with Crippen LogP contribution >= 0.6 is 23.2 Å². The van der Waals surface area contributed by atoms with Crippen LogP contribution < -0.4 is 0 Å². The zero-order chi connectivity index (χ0) is 11.8. The Balaban J connectivity index is 3.24. The first-order valence-corrected chi connectivity index (χ1v) is 4.71. The molecule has 0 heterocycles. The molecule has 0 aromatic heterocycles. The van der Waals surface area contributed by atoms with Crippen LogP contribution in [0.3, 0.4) is 0 Å². The summed E-state index contributed by atoms with van der Waals surface area (Å²) in [7, 11) is 0. The molecule has 15 heavy (non-hydrogen) atoms. The van der Waals surface area contributed by atoms with E-state index in [0.717, 1.165) is 0 Å². The highest BCUT2D eigenvalue weighted by Gasteiger charge is 2.33. The number of halogens is 5. The third-order valence-electron chi connectivity index (χ3n) is 1.97. The molecule has 0 aliphatic carbocycles. The minimum absolute atomic E-state index is 0.108. The van der Waals surface area contributed by atoms with E-state index in [2.05, 4.69) is 6.58 Å². The summed E-state index contributed by atoms with van der Waals surface area (Å²) in [6, 6.07) is 2.41. The van der Waals surface area contributed by atoms with Gasteiger partial charge in [-0.15, -0.1) is 0 Å². The Bertz CT molecular complexity index is 385. The maximum absolute atomic E-state index is 12.3. The fraction of sp³-hybridized carbons (Fsp3) is 0.200. The van der Waals surface area contributed by atoms with Crippen molar-refractivity contribution in [3.8, 4) is 0 Å². The summed E-state index contributed by atoms with van der Waals surface area (Å²) in [5, 5.41) is 0.394. The number of benzene rings is 1. The van der Waals surface area contributed by atoms with Crippen molar-refractivity contribution in [2.75, 3.05) is 0 Å². The van der Waals surface area contributed by atoms with Gasteiger partial charge in [0.15, 0.2) is 0 Å². The van der Waals surface area contributed by atoms with Crippen molar-refractivity contribution in [3.05, 3.63) is 39.9 Å². The molecule has 1 aromatic carbocycles. The first-order chi connectivity index (χ1) is 6.73. The van der Waals surface area contributed by atoms with E-state index >= 15 is 0 Å². The Morgan fingerprint density at radius 3 is 1.93 bits per heavy atom. The second-order valence-electron chi connectivity index (χ2n) is 3.04. The van der Waals surface area contributed by atoms with Crippen LogP contribution in [0.5, 0.6) is 0 Å². The molecule has 0 aliphatic heterocycles. The SMILES string of the molecule is C=C(c1cc(Cl)c(C)c(Cl)c1)C(F)(F)F. The second-order valence-corrected chi connectivity index (χ2v) is 3.86. The van der Waals surface area contributed by atoms with Crippen molar-refractivity contribution in [3.63, 3.8) is 0 Å². The normalized spacial score (nSPS) is 11.6. The van der Waals surface area contributed by atoms with Crippen molar-refractivity contribution in [2.45, 2.75) is 13.1 Å². The first-order valence-electron chi connectivity index (χ1n) is 3.95. The number of hydrogen-bond donors (Lipinski definition) is 0. The number of hydrogen-bond acceptors (Lipinski definition) is 0. The Morgan fingerprint density at radius 1 is 1.20 bits per heavy atom. The van der Waals surface area contributed by atoms with Crippen LogP contribution in [0, 0.1) is 6.92 Å². The molecule has 5 heteroatoms. The third-order valence-corrected chi connectivity index (χ3v) is 2.76. The molecule has 0 fully saturated rings. The van der Waals surface area contributed by atoms with Crippen LogP contribution in [0.15, 0.2) is 18.7 Å². The minimum atomic E-state index is -4.47. The van der Waals surface area contributed by atoms with Crippen molar-refractivity contribution in [2.24, 2.45) is 0 Å². The largest absolute Gasteiger partial charge is 0.416 e. The van der Waals surface area contributed by atoms with Crippen molar-refractivity contribution < 1.29 is 13.2 Å². The second kappa shape index (κ2) is 4.06. The van der Waals surface area contributed by atoms with E-state index in [1.165, 1.54) is 12.1 Å². The molecule has 0 bridgehead atoms. The number of allylic oxidation sites excluding steroid dienone is 1. The Morgan fingerprint density at radius 2 is 1.60 bits per heavy atom. The summed E-state index contributed by atoms with van der Waals surface area (Å²) in [6.45, 7) is 4.60. The highest BCUT2D eigenvalue weighted by Crippen LogP contribution is 2.36. The molecular formula is C10H7Cl2F3. The van der Waals surface area contributed by atoms with Crippen LogP contribution in [0.2, 0.25) is 10.0 Å². The average Bonchev–Trinajstić information content (AvgIpc) is 2.10. The van der Waals surface area contributed by atoms with Crippen molar-refractivity contribution >= 4 is 28.8 Å². The van der Waals surface area contributed by atoms with Gasteiger partial charge >= 0.3 is 6.18 Å². The van der Waals surface area contributed by atoms with Gasteiger partial charge in [-0.25, -0.2) is 0 Å². The molecule has 0 atom stereocenters. The standard InChI is InChI=1S/C10H7Cl2F3/c1-5-8(11)3-7(4-9(5)12)6(2)10(13,14)15/h3-4H,2H2,1H3. The van der Waals surface area contributed by atoms with Crippen molar-refractivity contribution in [1.29, 1.82) is 0 Å². The van der Waals surface area contributed by atoms with Crippen LogP contribution in [-0.4, -0.2) is 6.18 Å². The first kappa shape index (κ1) is 12.4. The van der Waals surface area contributed by atoms with Crippen LogP contribution in [-0.2, 0) is 0 Å². The lowest BCUT2D eigenvalue weighted by Gasteiger charge is -2.12. The lowest BCUT2D eigenvalue weighted by atomic mass is 10.1. The fourth-order valence-electron chi connectivity index (χ4n) is 0.983. The van der Waals surface area contributed by atoms with E-state index in [-0.39, 0.29) is 15.6 Å². The average molecular weight is 255 g/mol. The molecular weight excluding hydrogens is 248 g/mol. The maximum atomic E-state index is 12.3. The van der Waals surface area contributed by atoms with E-state index in [9.17, 15) is 13.2 Å². The maximum Gasteiger partial charge on any atom is 0.416 e. The van der Waals surface area contributed by atoms with E-state index < -0.39 is 11.7 Å². The summed E-state index contributed by atoms with van der Waals surface area (Å²) < 4.78 is 36.9. The molecule has 0 N–H and O–H groups in total. The van der Waals surface area contributed by atoms with Gasteiger partial charge in [-0.1, -0.05) is 29.8 Å². The molecule has 0 nitrogen and oxygen atoms in total. The molecule has 0 aliphatic rings. The summed E-state index contributed by atoms with van der Waals surface area (Å²) in [6.07, 6.45) is -4.47. The zero-order valence-corrected chi connectivity index (χ0v) is 9.26. The molecule has 0 saturated carbocycles. The van der Waals surface area contributed by atoms with Gasteiger partial charge in [-0.05, 0) is 30.2 Å². The highest BCUT2D eigenvalue weighted by atomic mass is 35.5. The van der Waals surface area contributed by atoms with Gasteiger partial charge in [0.25, 0.3) is 0 Å². The summed E-state index contributed by atoms with van der Waals surface area (Å²) in [5.41, 5.74) is -0.508. The van der Waals surface area contributed by atoms with Gasteiger partial charge in [0.05, 0.1) is 5.57 Å². The smallest absolute Gasteiger partial charge is 0.166 e. The van der Waals surface area contributed by atoms with E-state index in [1.54, 1.807) is 6.92 Å². The molecule has 0 radical (unpaired) electrons. The Kier molecular flexibility index (Phi) is 3.36. The van der Waals surface area contributed by atoms with Gasteiger partial charge in [0, 0.05) is 10.0 Å². The molecule has 1 aromatic rings. The Labute approximate surface area is 95.3 Å². The molecule has 0 amide bonds. The molecule has 0 unspecified atom stereocenters. The van der Waals surface area contributed by atoms with Crippen LogP contribution in [0.4, 0.5) is 13.2 Å². The lowest BCUT2D eigenvalue weighted by molar-refractivity contribution is -0.0686. The Hall–Kier alpha value is -0.670.